The Hall–Kier alpha value is 0.270. The van der Waals surface area contributed by atoms with Crippen molar-refractivity contribution in [3.05, 3.63) is 0 Å². The number of nitrogens with zero attached hydrogens (tertiary/aromatic N) is 1. The van der Waals surface area contributed by atoms with Crippen molar-refractivity contribution in [1.82, 2.24) is 10.2 Å². The molecule has 3 fully saturated rings. The van der Waals surface area contributed by atoms with Crippen LogP contribution in [0.4, 0.5) is 0 Å². The average Bonchev–Trinajstić information content (AvgIpc) is 2.56. The van der Waals surface area contributed by atoms with E-state index in [9.17, 15) is 0 Å². The first-order valence-corrected chi connectivity index (χ1v) is 9.03. The molecule has 0 aromatic carbocycles. The van der Waals surface area contributed by atoms with Gasteiger partial charge in [-0.3, -0.25) is 4.90 Å². The van der Waals surface area contributed by atoms with E-state index in [1.807, 2.05) is 0 Å². The van der Waals surface area contributed by atoms with Gasteiger partial charge in [0, 0.05) is 29.4 Å². The van der Waals surface area contributed by atoms with Gasteiger partial charge < -0.3 is 5.32 Å². The van der Waals surface area contributed by atoms with Gasteiger partial charge in [0.25, 0.3) is 0 Å². The van der Waals surface area contributed by atoms with Gasteiger partial charge in [-0.25, -0.2) is 0 Å². The van der Waals surface area contributed by atoms with E-state index in [0.29, 0.717) is 4.75 Å². The molecule has 0 radical (unpaired) electrons. The van der Waals surface area contributed by atoms with Crippen molar-refractivity contribution >= 4 is 11.8 Å². The van der Waals surface area contributed by atoms with Crippen molar-refractivity contribution in [2.24, 2.45) is 0 Å². The second kappa shape index (κ2) is 5.34. The number of thioether (sulfide) groups is 1. The highest BCUT2D eigenvalue weighted by molar-refractivity contribution is 8.00. The van der Waals surface area contributed by atoms with Gasteiger partial charge in [-0.1, -0.05) is 13.3 Å². The Labute approximate surface area is 116 Å². The van der Waals surface area contributed by atoms with Crippen LogP contribution < -0.4 is 5.32 Å². The van der Waals surface area contributed by atoms with Gasteiger partial charge >= 0.3 is 0 Å². The maximum Gasteiger partial charge on any atom is 0.0284 e. The molecule has 2 aliphatic heterocycles. The minimum atomic E-state index is 0.631. The van der Waals surface area contributed by atoms with Gasteiger partial charge in [0.15, 0.2) is 0 Å². The van der Waals surface area contributed by atoms with Crippen LogP contribution in [0, 0.1) is 0 Å². The van der Waals surface area contributed by atoms with E-state index in [1.165, 1.54) is 51.5 Å². The SMILES string of the molecule is CCNC1CC2CCC(C1)N2CC1(SC)CCC1. The second-order valence-electron chi connectivity index (χ2n) is 6.52. The lowest BCUT2D eigenvalue weighted by molar-refractivity contribution is 0.0901. The van der Waals surface area contributed by atoms with Crippen LogP contribution in [0.15, 0.2) is 0 Å². The van der Waals surface area contributed by atoms with Gasteiger partial charge in [-0.05, 0) is 51.3 Å². The Morgan fingerprint density at radius 1 is 1.22 bits per heavy atom. The number of fused-ring (bicyclic) bond motifs is 2. The molecule has 3 aliphatic rings. The molecule has 2 unspecified atom stereocenters. The molecule has 2 bridgehead atoms. The molecule has 3 rings (SSSR count). The fraction of sp³-hybridized carbons (Fsp3) is 1.00. The van der Waals surface area contributed by atoms with E-state index in [1.54, 1.807) is 0 Å². The summed E-state index contributed by atoms with van der Waals surface area (Å²) in [6.45, 7) is 4.76. The van der Waals surface area contributed by atoms with E-state index in [2.05, 4.69) is 35.2 Å². The third kappa shape index (κ3) is 2.34. The van der Waals surface area contributed by atoms with Crippen molar-refractivity contribution in [2.75, 3.05) is 19.3 Å². The Morgan fingerprint density at radius 3 is 2.33 bits per heavy atom. The van der Waals surface area contributed by atoms with Gasteiger partial charge in [-0.2, -0.15) is 11.8 Å². The summed E-state index contributed by atoms with van der Waals surface area (Å²) in [5.74, 6) is 0. The summed E-state index contributed by atoms with van der Waals surface area (Å²) >= 11 is 2.14. The predicted molar refractivity (Wildman–Crippen MR) is 80.3 cm³/mol. The standard InChI is InChI=1S/C15H28N2S/c1-3-16-12-9-13-5-6-14(10-12)17(13)11-15(18-2)7-4-8-15/h12-14,16H,3-11H2,1-2H3. The van der Waals surface area contributed by atoms with Crippen LogP contribution in [0.2, 0.25) is 0 Å². The first-order chi connectivity index (χ1) is 8.76. The lowest BCUT2D eigenvalue weighted by atomic mass is 9.82. The Balaban J connectivity index is 1.61. The quantitative estimate of drug-likeness (QED) is 0.825. The second-order valence-corrected chi connectivity index (χ2v) is 7.80. The zero-order valence-electron chi connectivity index (χ0n) is 12.0. The van der Waals surface area contributed by atoms with Crippen LogP contribution in [0.1, 0.15) is 51.9 Å². The molecule has 0 aromatic rings. The highest BCUT2D eigenvalue weighted by Crippen LogP contribution is 2.46. The average molecular weight is 268 g/mol. The lowest BCUT2D eigenvalue weighted by Gasteiger charge is -2.48. The summed E-state index contributed by atoms with van der Waals surface area (Å²) in [4.78, 5) is 2.89. The molecule has 0 amide bonds. The Bertz CT molecular complexity index is 271. The zero-order chi connectivity index (χ0) is 12.6. The smallest absolute Gasteiger partial charge is 0.0284 e. The van der Waals surface area contributed by atoms with Crippen molar-refractivity contribution in [2.45, 2.75) is 74.7 Å². The van der Waals surface area contributed by atoms with Crippen LogP contribution in [-0.2, 0) is 0 Å². The first kappa shape index (κ1) is 13.3. The molecule has 2 saturated heterocycles. The normalized spacial score (nSPS) is 38.7. The van der Waals surface area contributed by atoms with Crippen LogP contribution in [0.5, 0.6) is 0 Å². The van der Waals surface area contributed by atoms with Crippen molar-refractivity contribution in [3.8, 4) is 0 Å². The van der Waals surface area contributed by atoms with Crippen LogP contribution in [0.25, 0.3) is 0 Å². The first-order valence-electron chi connectivity index (χ1n) is 7.80. The number of piperidine rings is 1. The molecule has 2 atom stereocenters. The molecule has 1 aliphatic carbocycles. The summed E-state index contributed by atoms with van der Waals surface area (Å²) in [5.41, 5.74) is 0. The molecular weight excluding hydrogens is 240 g/mol. The predicted octanol–water partition coefficient (Wildman–Crippen LogP) is 2.88. The molecule has 2 nitrogen and oxygen atoms in total. The van der Waals surface area contributed by atoms with Gasteiger partial charge in [-0.15, -0.1) is 0 Å². The fourth-order valence-electron chi connectivity index (χ4n) is 4.32. The molecule has 1 N–H and O–H groups in total. The monoisotopic (exact) mass is 268 g/mol. The van der Waals surface area contributed by atoms with Crippen molar-refractivity contribution in [1.29, 1.82) is 0 Å². The highest BCUT2D eigenvalue weighted by Gasteiger charge is 2.46. The largest absolute Gasteiger partial charge is 0.314 e. The zero-order valence-corrected chi connectivity index (χ0v) is 12.8. The van der Waals surface area contributed by atoms with Crippen molar-refractivity contribution < 1.29 is 0 Å². The molecule has 2 heterocycles. The van der Waals surface area contributed by atoms with E-state index in [-0.39, 0.29) is 0 Å². The summed E-state index contributed by atoms with van der Waals surface area (Å²) in [5, 5.41) is 3.68. The highest BCUT2D eigenvalue weighted by atomic mass is 32.2. The third-order valence-corrected chi connectivity index (χ3v) is 6.95. The molecule has 1 saturated carbocycles. The fourth-order valence-corrected chi connectivity index (χ4v) is 5.29. The van der Waals surface area contributed by atoms with Crippen LogP contribution in [0.3, 0.4) is 0 Å². The number of hydrogen-bond donors (Lipinski definition) is 1. The van der Waals surface area contributed by atoms with E-state index in [0.717, 1.165) is 24.7 Å². The number of rotatable bonds is 5. The molecule has 0 aromatic heterocycles. The minimum Gasteiger partial charge on any atom is -0.314 e. The van der Waals surface area contributed by atoms with E-state index >= 15 is 0 Å². The van der Waals surface area contributed by atoms with Crippen LogP contribution >= 0.6 is 11.8 Å². The topological polar surface area (TPSA) is 15.3 Å². The third-order valence-electron chi connectivity index (χ3n) is 5.55. The van der Waals surface area contributed by atoms with Gasteiger partial charge in [0.1, 0.15) is 0 Å². The molecule has 0 spiro atoms. The summed E-state index contributed by atoms with van der Waals surface area (Å²) in [7, 11) is 0. The summed E-state index contributed by atoms with van der Waals surface area (Å²) < 4.78 is 0.631. The molecule has 104 valence electrons. The molecule has 3 heteroatoms. The van der Waals surface area contributed by atoms with Crippen LogP contribution in [-0.4, -0.2) is 47.1 Å². The summed E-state index contributed by atoms with van der Waals surface area (Å²) in [6.07, 6.45) is 12.4. The van der Waals surface area contributed by atoms with Gasteiger partial charge in [0.05, 0.1) is 0 Å². The van der Waals surface area contributed by atoms with E-state index < -0.39 is 0 Å². The lowest BCUT2D eigenvalue weighted by Crippen LogP contribution is -2.55. The van der Waals surface area contributed by atoms with Crippen molar-refractivity contribution in [3.63, 3.8) is 0 Å². The Morgan fingerprint density at radius 2 is 1.89 bits per heavy atom. The molecular formula is C15H28N2S. The van der Waals surface area contributed by atoms with Gasteiger partial charge in [0.2, 0.25) is 0 Å². The number of nitrogens with one attached hydrogen (secondary N) is 1. The maximum atomic E-state index is 3.68. The maximum absolute atomic E-state index is 3.68. The van der Waals surface area contributed by atoms with E-state index in [4.69, 9.17) is 0 Å². The summed E-state index contributed by atoms with van der Waals surface area (Å²) in [6, 6.07) is 2.57. The molecule has 18 heavy (non-hydrogen) atoms. The minimum absolute atomic E-state index is 0.631. The Kier molecular flexibility index (Phi) is 3.93. The number of hydrogen-bond acceptors (Lipinski definition) is 3.